The van der Waals surface area contributed by atoms with Gasteiger partial charge in [0.25, 0.3) is 5.91 Å². The van der Waals surface area contributed by atoms with Crippen LogP contribution in [0.25, 0.3) is 16.9 Å². The highest BCUT2D eigenvalue weighted by Crippen LogP contribution is 2.35. The van der Waals surface area contributed by atoms with Gasteiger partial charge in [0, 0.05) is 17.7 Å². The van der Waals surface area contributed by atoms with Crippen LogP contribution in [0.1, 0.15) is 34.5 Å². The van der Waals surface area contributed by atoms with Crippen LogP contribution in [0.2, 0.25) is 5.02 Å². The Labute approximate surface area is 227 Å². The summed E-state index contributed by atoms with van der Waals surface area (Å²) < 4.78 is 47.1. The largest absolute Gasteiger partial charge is 0.459 e. The van der Waals surface area contributed by atoms with Crippen LogP contribution in [-0.4, -0.2) is 39.1 Å². The van der Waals surface area contributed by atoms with Crippen LogP contribution in [0.15, 0.2) is 84.9 Å². The summed E-state index contributed by atoms with van der Waals surface area (Å²) in [6, 6.07) is 22.1. The lowest BCUT2D eigenvalue weighted by molar-refractivity contribution is -0.149. The molecule has 1 atom stereocenters. The number of ether oxygens (including phenoxy) is 1. The molecule has 2 heterocycles. The molecule has 200 valence electrons. The molecule has 5 rings (SSSR count). The van der Waals surface area contributed by atoms with E-state index in [0.29, 0.717) is 36.2 Å². The number of nitrogens with zero attached hydrogens (tertiary/aromatic N) is 3. The Hall–Kier alpha value is -4.11. The van der Waals surface area contributed by atoms with Crippen molar-refractivity contribution in [3.8, 4) is 16.9 Å². The van der Waals surface area contributed by atoms with E-state index in [9.17, 15) is 22.8 Å². The van der Waals surface area contributed by atoms with Gasteiger partial charge >= 0.3 is 12.1 Å². The number of carbonyl (C=O) groups is 2. The second-order valence-electron chi connectivity index (χ2n) is 9.10. The molecule has 0 radical (unpaired) electrons. The average molecular weight is 554 g/mol. The fraction of sp³-hybridized carbons (Fsp3) is 0.207. The molecule has 1 unspecified atom stereocenters. The van der Waals surface area contributed by atoms with Crippen molar-refractivity contribution in [2.24, 2.45) is 0 Å². The summed E-state index contributed by atoms with van der Waals surface area (Å²) in [5, 5.41) is 4.00. The molecule has 1 saturated heterocycles. The Morgan fingerprint density at radius 1 is 0.974 bits per heavy atom. The summed E-state index contributed by atoms with van der Waals surface area (Å²) in [4.78, 5) is 27.5. The molecule has 0 aliphatic carbocycles. The van der Waals surface area contributed by atoms with Crippen LogP contribution >= 0.6 is 11.6 Å². The van der Waals surface area contributed by atoms with Gasteiger partial charge < -0.3 is 9.64 Å². The number of para-hydroxylation sites is 1. The van der Waals surface area contributed by atoms with E-state index in [-0.39, 0.29) is 23.2 Å². The third-order valence-electron chi connectivity index (χ3n) is 6.52. The fourth-order valence-corrected chi connectivity index (χ4v) is 4.78. The zero-order valence-corrected chi connectivity index (χ0v) is 21.3. The van der Waals surface area contributed by atoms with Crippen molar-refractivity contribution < 1.29 is 27.5 Å². The Bertz CT molecular complexity index is 1490. The molecule has 39 heavy (non-hydrogen) atoms. The number of benzene rings is 3. The highest BCUT2D eigenvalue weighted by Gasteiger charge is 2.37. The maximum Gasteiger partial charge on any atom is 0.435 e. The van der Waals surface area contributed by atoms with Gasteiger partial charge in [0.1, 0.15) is 12.6 Å². The Kier molecular flexibility index (Phi) is 7.43. The van der Waals surface area contributed by atoms with Crippen LogP contribution < -0.4 is 0 Å². The summed E-state index contributed by atoms with van der Waals surface area (Å²) in [7, 11) is 0. The van der Waals surface area contributed by atoms with Gasteiger partial charge in [-0.1, -0.05) is 66.2 Å². The minimum absolute atomic E-state index is 0.117. The van der Waals surface area contributed by atoms with Gasteiger partial charge in [-0.15, -0.1) is 0 Å². The molecule has 0 spiro atoms. The van der Waals surface area contributed by atoms with Crippen molar-refractivity contribution in [1.29, 1.82) is 0 Å². The molecule has 0 saturated carbocycles. The number of hydrogen-bond acceptors (Lipinski definition) is 4. The van der Waals surface area contributed by atoms with Crippen molar-refractivity contribution >= 4 is 23.5 Å². The first-order valence-electron chi connectivity index (χ1n) is 12.3. The van der Waals surface area contributed by atoms with Crippen LogP contribution in [0.4, 0.5) is 13.2 Å². The summed E-state index contributed by atoms with van der Waals surface area (Å²) in [5.41, 5.74) is 0.960. The molecular weight excluding hydrogens is 531 g/mol. The normalized spacial score (nSPS) is 15.4. The van der Waals surface area contributed by atoms with Crippen molar-refractivity contribution in [2.75, 3.05) is 6.54 Å². The minimum atomic E-state index is -4.66. The number of carbonyl (C=O) groups excluding carboxylic acids is 2. The molecule has 4 aromatic rings. The predicted octanol–water partition coefficient (Wildman–Crippen LogP) is 6.56. The molecule has 1 aliphatic rings. The first-order chi connectivity index (χ1) is 18.7. The maximum atomic E-state index is 13.5. The SMILES string of the molecule is O=C(OCc1ccccc1)C1CCCN1C(=O)c1ccc(-c2cc(C(F)(F)F)nn2-c2ccccc2Cl)cc1. The van der Waals surface area contributed by atoms with Gasteiger partial charge in [0.05, 0.1) is 16.4 Å². The molecule has 1 aromatic heterocycles. The number of halogens is 4. The fourth-order valence-electron chi connectivity index (χ4n) is 4.56. The molecule has 3 aromatic carbocycles. The van der Waals surface area contributed by atoms with Crippen molar-refractivity contribution in [2.45, 2.75) is 31.7 Å². The highest BCUT2D eigenvalue weighted by molar-refractivity contribution is 6.32. The van der Waals surface area contributed by atoms with E-state index in [1.54, 1.807) is 36.4 Å². The minimum Gasteiger partial charge on any atom is -0.459 e. The summed E-state index contributed by atoms with van der Waals surface area (Å²) >= 11 is 6.25. The third-order valence-corrected chi connectivity index (χ3v) is 6.84. The summed E-state index contributed by atoms with van der Waals surface area (Å²) in [6.45, 7) is 0.520. The third kappa shape index (κ3) is 5.68. The molecule has 1 aliphatic heterocycles. The highest BCUT2D eigenvalue weighted by atomic mass is 35.5. The molecule has 6 nitrogen and oxygen atoms in total. The van der Waals surface area contributed by atoms with Gasteiger partial charge in [0.2, 0.25) is 0 Å². The number of likely N-dealkylation sites (tertiary alicyclic amines) is 1. The molecule has 0 bridgehead atoms. The van der Waals surface area contributed by atoms with Gasteiger partial charge in [-0.05, 0) is 48.7 Å². The molecule has 1 fully saturated rings. The standard InChI is InChI=1S/C29H23ClF3N3O3/c30-22-9-4-5-10-23(22)36-25(17-26(34-36)29(31,32)33)20-12-14-21(15-13-20)27(37)35-16-6-11-24(35)28(38)39-18-19-7-2-1-3-8-19/h1-5,7-10,12-15,17,24H,6,11,16,18H2. The Morgan fingerprint density at radius 3 is 2.36 bits per heavy atom. The van der Waals surface area contributed by atoms with Gasteiger partial charge in [0.15, 0.2) is 5.69 Å². The molecule has 1 amide bonds. The van der Waals surface area contributed by atoms with Crippen LogP contribution in [0.5, 0.6) is 0 Å². The number of hydrogen-bond donors (Lipinski definition) is 0. The predicted molar refractivity (Wildman–Crippen MR) is 139 cm³/mol. The number of amides is 1. The van der Waals surface area contributed by atoms with E-state index in [2.05, 4.69) is 5.10 Å². The number of alkyl halides is 3. The zero-order valence-electron chi connectivity index (χ0n) is 20.6. The van der Waals surface area contributed by atoms with Crippen molar-refractivity contribution in [3.63, 3.8) is 0 Å². The van der Waals surface area contributed by atoms with Crippen molar-refractivity contribution in [1.82, 2.24) is 14.7 Å². The molecular formula is C29H23ClF3N3O3. The number of aromatic nitrogens is 2. The van der Waals surface area contributed by atoms with E-state index in [4.69, 9.17) is 16.3 Å². The summed E-state index contributed by atoms with van der Waals surface area (Å²) in [6.07, 6.45) is -3.50. The molecule has 10 heteroatoms. The van der Waals surface area contributed by atoms with Gasteiger partial charge in [-0.25, -0.2) is 9.48 Å². The zero-order chi connectivity index (χ0) is 27.6. The summed E-state index contributed by atoms with van der Waals surface area (Å²) in [5.74, 6) is -0.819. The maximum absolute atomic E-state index is 13.5. The second kappa shape index (κ2) is 10.9. The number of rotatable bonds is 6. The van der Waals surface area contributed by atoms with E-state index in [0.717, 1.165) is 16.3 Å². The Morgan fingerprint density at radius 2 is 1.67 bits per heavy atom. The van der Waals surface area contributed by atoms with Crippen LogP contribution in [0.3, 0.4) is 0 Å². The number of esters is 1. The van der Waals surface area contributed by atoms with Crippen LogP contribution in [0, 0.1) is 0 Å². The lowest BCUT2D eigenvalue weighted by Gasteiger charge is -2.23. The van der Waals surface area contributed by atoms with Crippen molar-refractivity contribution in [3.05, 3.63) is 107 Å². The van der Waals surface area contributed by atoms with Gasteiger partial charge in [-0.2, -0.15) is 18.3 Å². The van der Waals surface area contributed by atoms with Crippen LogP contribution in [-0.2, 0) is 22.3 Å². The lowest BCUT2D eigenvalue weighted by atomic mass is 10.1. The topological polar surface area (TPSA) is 64.4 Å². The Balaban J connectivity index is 1.37. The van der Waals surface area contributed by atoms with E-state index < -0.39 is 23.9 Å². The van der Waals surface area contributed by atoms with E-state index in [1.165, 1.54) is 17.0 Å². The monoisotopic (exact) mass is 553 g/mol. The first kappa shape index (κ1) is 26.5. The molecule has 0 N–H and O–H groups in total. The second-order valence-corrected chi connectivity index (χ2v) is 9.51. The lowest BCUT2D eigenvalue weighted by Crippen LogP contribution is -2.41. The first-order valence-corrected chi connectivity index (χ1v) is 12.6. The quantitative estimate of drug-likeness (QED) is 0.254. The smallest absolute Gasteiger partial charge is 0.435 e. The average Bonchev–Trinajstić information content (AvgIpc) is 3.61. The van der Waals surface area contributed by atoms with E-state index >= 15 is 0 Å². The van der Waals surface area contributed by atoms with E-state index in [1.807, 2.05) is 30.3 Å². The van der Waals surface area contributed by atoms with Gasteiger partial charge in [-0.3, -0.25) is 4.79 Å².